The maximum absolute atomic E-state index is 13.1. The SMILES string of the molecule is CC1(C)CC(=O)C(=C(O)CCC(O)=C2C(=O)CC(C)(C)CC2=Nc2ccccc2)C(=Nc2ccccc2)C1. The van der Waals surface area contributed by atoms with Gasteiger partial charge < -0.3 is 10.2 Å². The molecule has 0 saturated heterocycles. The molecule has 2 aliphatic carbocycles. The Kier molecular flexibility index (Phi) is 7.81. The van der Waals surface area contributed by atoms with Crippen LogP contribution in [0.3, 0.4) is 0 Å². The molecule has 0 unspecified atom stereocenters. The molecule has 2 aromatic carbocycles. The molecule has 2 saturated carbocycles. The lowest BCUT2D eigenvalue weighted by atomic mass is 9.72. The minimum atomic E-state index is -0.275. The molecule has 6 heteroatoms. The molecule has 2 N–H and O–H groups in total. The van der Waals surface area contributed by atoms with Crippen molar-refractivity contribution >= 4 is 34.4 Å². The molecule has 198 valence electrons. The average Bonchev–Trinajstić information content (AvgIpc) is 2.82. The summed E-state index contributed by atoms with van der Waals surface area (Å²) < 4.78 is 0. The number of Topliss-reactive ketones (excluding diaryl/α,β-unsaturated/α-hetero) is 2. The van der Waals surface area contributed by atoms with Gasteiger partial charge in [-0.1, -0.05) is 64.1 Å². The van der Waals surface area contributed by atoms with Gasteiger partial charge in [-0.15, -0.1) is 0 Å². The summed E-state index contributed by atoms with van der Waals surface area (Å²) in [6.45, 7) is 8.05. The highest BCUT2D eigenvalue weighted by atomic mass is 16.3. The number of hydrogen-bond acceptors (Lipinski definition) is 6. The summed E-state index contributed by atoms with van der Waals surface area (Å²) in [6.07, 6.45) is 1.71. The first-order valence-electron chi connectivity index (χ1n) is 13.1. The first-order chi connectivity index (χ1) is 17.9. The lowest BCUT2D eigenvalue weighted by Crippen LogP contribution is -2.33. The van der Waals surface area contributed by atoms with E-state index in [1.54, 1.807) is 0 Å². The van der Waals surface area contributed by atoms with E-state index in [2.05, 4.69) is 0 Å². The van der Waals surface area contributed by atoms with Gasteiger partial charge in [0, 0.05) is 25.7 Å². The fourth-order valence-corrected chi connectivity index (χ4v) is 5.23. The zero-order chi connectivity index (χ0) is 27.5. The van der Waals surface area contributed by atoms with Gasteiger partial charge in [0.25, 0.3) is 0 Å². The molecule has 0 spiro atoms. The predicted octanol–water partition coefficient (Wildman–Crippen LogP) is 7.71. The molecule has 0 aliphatic heterocycles. The van der Waals surface area contributed by atoms with Crippen LogP contribution in [-0.4, -0.2) is 33.2 Å². The van der Waals surface area contributed by atoms with E-state index in [1.165, 1.54) is 0 Å². The molecule has 2 fully saturated rings. The van der Waals surface area contributed by atoms with Gasteiger partial charge in [-0.2, -0.15) is 0 Å². The molecule has 0 aromatic heterocycles. The van der Waals surface area contributed by atoms with Crippen LogP contribution in [0, 0.1) is 10.8 Å². The molecule has 38 heavy (non-hydrogen) atoms. The lowest BCUT2D eigenvalue weighted by Gasteiger charge is -2.32. The van der Waals surface area contributed by atoms with E-state index in [0.717, 1.165) is 0 Å². The van der Waals surface area contributed by atoms with Crippen molar-refractivity contribution in [2.75, 3.05) is 0 Å². The number of allylic oxidation sites excluding steroid dienone is 4. The second-order valence-electron chi connectivity index (χ2n) is 11.8. The van der Waals surface area contributed by atoms with E-state index in [1.807, 2.05) is 88.4 Å². The number of rotatable bonds is 5. The molecule has 2 aromatic rings. The minimum absolute atomic E-state index is 0.0138. The summed E-state index contributed by atoms with van der Waals surface area (Å²) in [4.78, 5) is 35.7. The third kappa shape index (κ3) is 6.55. The van der Waals surface area contributed by atoms with Crippen LogP contribution < -0.4 is 0 Å². The molecule has 0 radical (unpaired) electrons. The molecule has 0 amide bonds. The van der Waals surface area contributed by atoms with Crippen LogP contribution in [0.5, 0.6) is 0 Å². The van der Waals surface area contributed by atoms with E-state index in [-0.39, 0.29) is 57.9 Å². The van der Waals surface area contributed by atoms with Crippen LogP contribution in [-0.2, 0) is 9.59 Å². The average molecular weight is 513 g/mol. The minimum Gasteiger partial charge on any atom is -0.511 e. The Labute approximate surface area is 224 Å². The highest BCUT2D eigenvalue weighted by molar-refractivity contribution is 6.26. The Hall–Kier alpha value is -3.80. The number of aliphatic hydroxyl groups is 2. The summed E-state index contributed by atoms with van der Waals surface area (Å²) in [5.74, 6) is -0.556. The van der Waals surface area contributed by atoms with E-state index >= 15 is 0 Å². The molecule has 6 nitrogen and oxygen atoms in total. The van der Waals surface area contributed by atoms with Crippen LogP contribution in [0.2, 0.25) is 0 Å². The smallest absolute Gasteiger partial charge is 0.168 e. The Morgan fingerprint density at radius 1 is 0.632 bits per heavy atom. The Morgan fingerprint density at radius 2 is 0.974 bits per heavy atom. The van der Waals surface area contributed by atoms with E-state index in [0.29, 0.717) is 48.5 Å². The largest absolute Gasteiger partial charge is 0.511 e. The number of ketones is 2. The molecule has 0 atom stereocenters. The molecule has 2 aliphatic rings. The second-order valence-corrected chi connectivity index (χ2v) is 11.8. The van der Waals surface area contributed by atoms with Crippen molar-refractivity contribution in [2.45, 2.75) is 66.2 Å². The number of para-hydroxylation sites is 2. The van der Waals surface area contributed by atoms with Crippen molar-refractivity contribution in [1.29, 1.82) is 0 Å². The van der Waals surface area contributed by atoms with Gasteiger partial charge in [0.15, 0.2) is 11.6 Å². The third-order valence-electron chi connectivity index (χ3n) is 6.92. The zero-order valence-corrected chi connectivity index (χ0v) is 22.6. The van der Waals surface area contributed by atoms with Gasteiger partial charge in [-0.3, -0.25) is 19.6 Å². The van der Waals surface area contributed by atoms with Crippen LogP contribution in [0.15, 0.2) is 93.3 Å². The van der Waals surface area contributed by atoms with Crippen molar-refractivity contribution < 1.29 is 19.8 Å². The van der Waals surface area contributed by atoms with Gasteiger partial charge in [0.2, 0.25) is 0 Å². The second kappa shape index (κ2) is 10.9. The normalized spacial score (nSPS) is 24.0. The number of nitrogens with zero attached hydrogens (tertiary/aromatic N) is 2. The lowest BCUT2D eigenvalue weighted by molar-refractivity contribution is -0.118. The van der Waals surface area contributed by atoms with E-state index < -0.39 is 0 Å². The first-order valence-corrected chi connectivity index (χ1v) is 13.1. The van der Waals surface area contributed by atoms with Crippen LogP contribution in [0.25, 0.3) is 0 Å². The summed E-state index contributed by atoms with van der Waals surface area (Å²) in [5, 5.41) is 22.2. The summed E-state index contributed by atoms with van der Waals surface area (Å²) in [7, 11) is 0. The quantitative estimate of drug-likeness (QED) is 0.316. The molecular weight excluding hydrogens is 476 g/mol. The van der Waals surface area contributed by atoms with Crippen LogP contribution >= 0.6 is 0 Å². The van der Waals surface area contributed by atoms with Gasteiger partial charge >= 0.3 is 0 Å². The highest BCUT2D eigenvalue weighted by Crippen LogP contribution is 2.39. The number of aliphatic imine (C=N–C) groups is 2. The summed E-state index contributed by atoms with van der Waals surface area (Å²) in [5.41, 5.74) is 2.40. The standard InChI is InChI=1S/C32H36N2O4/c1-31(2)17-23(33-21-11-7-5-8-12-21)29(27(37)19-31)25(35)15-16-26(36)30-24(18-32(3,4)20-28(30)38)34-22-13-9-6-10-14-22/h5-14,35-36H,15-20H2,1-4H3. The fourth-order valence-electron chi connectivity index (χ4n) is 5.23. The van der Waals surface area contributed by atoms with Gasteiger partial charge in [0.1, 0.15) is 11.5 Å². The summed E-state index contributed by atoms with van der Waals surface area (Å²) in [6, 6.07) is 18.7. The summed E-state index contributed by atoms with van der Waals surface area (Å²) >= 11 is 0. The number of hydrogen-bond donors (Lipinski definition) is 2. The maximum Gasteiger partial charge on any atom is 0.168 e. The topological polar surface area (TPSA) is 99.3 Å². The Balaban J connectivity index is 1.67. The molecular formula is C32H36N2O4. The van der Waals surface area contributed by atoms with Crippen molar-refractivity contribution in [3.63, 3.8) is 0 Å². The molecule has 0 heterocycles. The molecule has 4 rings (SSSR count). The highest BCUT2D eigenvalue weighted by Gasteiger charge is 2.38. The monoisotopic (exact) mass is 512 g/mol. The van der Waals surface area contributed by atoms with Gasteiger partial charge in [-0.25, -0.2) is 0 Å². The number of carbonyl (C=O) groups is 2. The van der Waals surface area contributed by atoms with Crippen LogP contribution in [0.4, 0.5) is 11.4 Å². The molecule has 0 bridgehead atoms. The van der Waals surface area contributed by atoms with E-state index in [4.69, 9.17) is 9.98 Å². The Morgan fingerprint density at radius 3 is 1.32 bits per heavy atom. The van der Waals surface area contributed by atoms with Gasteiger partial charge in [0.05, 0.1) is 33.9 Å². The van der Waals surface area contributed by atoms with Gasteiger partial charge in [-0.05, 0) is 47.9 Å². The van der Waals surface area contributed by atoms with Crippen molar-refractivity contribution in [3.05, 3.63) is 83.3 Å². The first kappa shape index (κ1) is 27.2. The number of carbonyl (C=O) groups excluding carboxylic acids is 2. The number of benzene rings is 2. The Bertz CT molecular complexity index is 1240. The maximum atomic E-state index is 13.1. The van der Waals surface area contributed by atoms with Crippen molar-refractivity contribution in [1.82, 2.24) is 0 Å². The van der Waals surface area contributed by atoms with Crippen LogP contribution in [0.1, 0.15) is 66.2 Å². The number of aliphatic hydroxyl groups excluding tert-OH is 2. The predicted molar refractivity (Wildman–Crippen MR) is 152 cm³/mol. The fraction of sp³-hybridized carbons (Fsp3) is 0.375. The van der Waals surface area contributed by atoms with E-state index in [9.17, 15) is 19.8 Å². The van der Waals surface area contributed by atoms with Crippen molar-refractivity contribution in [3.8, 4) is 0 Å². The van der Waals surface area contributed by atoms with Crippen molar-refractivity contribution in [2.24, 2.45) is 20.8 Å². The zero-order valence-electron chi connectivity index (χ0n) is 22.6. The third-order valence-corrected chi connectivity index (χ3v) is 6.92.